The van der Waals surface area contributed by atoms with E-state index in [-0.39, 0.29) is 17.6 Å². The first kappa shape index (κ1) is 11.4. The van der Waals surface area contributed by atoms with Gasteiger partial charge in [-0.3, -0.25) is 4.79 Å². The van der Waals surface area contributed by atoms with Gasteiger partial charge in [-0.05, 0) is 24.1 Å². The van der Waals surface area contributed by atoms with Crippen LogP contribution >= 0.6 is 0 Å². The number of nitrogen functional groups attached to an aromatic ring is 1. The molecular formula is C11H16N2O2. The number of hydrogen-bond acceptors (Lipinski definition) is 3. The lowest BCUT2D eigenvalue weighted by atomic mass is 9.93. The average molecular weight is 208 g/mol. The summed E-state index contributed by atoms with van der Waals surface area (Å²) in [4.78, 5) is 11.2. The van der Waals surface area contributed by atoms with E-state index in [1.807, 2.05) is 6.92 Å². The Morgan fingerprint density at radius 2 is 2.20 bits per heavy atom. The zero-order chi connectivity index (χ0) is 11.4. The monoisotopic (exact) mass is 208 g/mol. The summed E-state index contributed by atoms with van der Waals surface area (Å²) in [7, 11) is 0. The molecule has 0 bridgehead atoms. The number of phenolic OH excluding ortho intramolecular Hbond substituents is 1. The van der Waals surface area contributed by atoms with E-state index in [2.05, 4.69) is 0 Å². The number of hydrogen-bond donors (Lipinski definition) is 3. The van der Waals surface area contributed by atoms with Crippen LogP contribution in [0, 0.1) is 0 Å². The molecule has 4 nitrogen and oxygen atoms in total. The molecule has 15 heavy (non-hydrogen) atoms. The molecule has 1 atom stereocenters. The van der Waals surface area contributed by atoms with E-state index in [0.29, 0.717) is 12.1 Å². The molecule has 0 aliphatic rings. The van der Waals surface area contributed by atoms with Crippen molar-refractivity contribution in [1.29, 1.82) is 0 Å². The highest BCUT2D eigenvalue weighted by molar-refractivity contribution is 5.82. The van der Waals surface area contributed by atoms with E-state index in [9.17, 15) is 9.90 Å². The number of phenols is 1. The van der Waals surface area contributed by atoms with Crippen molar-refractivity contribution in [3.05, 3.63) is 23.8 Å². The van der Waals surface area contributed by atoms with Crippen LogP contribution < -0.4 is 11.5 Å². The molecule has 0 radical (unpaired) electrons. The Hall–Kier alpha value is -1.71. The summed E-state index contributed by atoms with van der Waals surface area (Å²) in [6, 6.07) is 4.80. The molecule has 0 spiro atoms. The molecule has 1 unspecified atom stereocenters. The minimum absolute atomic E-state index is 0.00477. The largest absolute Gasteiger partial charge is 0.506 e. The molecular weight excluding hydrogens is 192 g/mol. The average Bonchev–Trinajstić information content (AvgIpc) is 2.18. The summed E-state index contributed by atoms with van der Waals surface area (Å²) in [6.45, 7) is 1.98. The van der Waals surface area contributed by atoms with Gasteiger partial charge in [-0.2, -0.15) is 0 Å². The second-order valence-electron chi connectivity index (χ2n) is 3.56. The van der Waals surface area contributed by atoms with E-state index in [0.717, 1.165) is 12.0 Å². The number of anilines is 1. The summed E-state index contributed by atoms with van der Waals surface area (Å²) in [5.74, 6) is -0.725. The van der Waals surface area contributed by atoms with Crippen LogP contribution in [0.2, 0.25) is 0 Å². The van der Waals surface area contributed by atoms with Gasteiger partial charge in [-0.25, -0.2) is 0 Å². The van der Waals surface area contributed by atoms with Crippen LogP contribution in [0.15, 0.2) is 18.2 Å². The smallest absolute Gasteiger partial charge is 0.224 e. The standard InChI is InChI=1S/C11H16N2O2/c1-2-3-8(11(13)15)7-4-5-9(12)10(14)6-7/h4-6,8,14H,2-3,12H2,1H3,(H2,13,15). The molecule has 0 aliphatic heterocycles. The molecule has 4 heteroatoms. The second kappa shape index (κ2) is 4.68. The Kier molecular flexibility index (Phi) is 3.55. The van der Waals surface area contributed by atoms with E-state index in [1.165, 1.54) is 6.07 Å². The Balaban J connectivity index is 3.01. The fourth-order valence-electron chi connectivity index (χ4n) is 1.54. The third kappa shape index (κ3) is 2.62. The molecule has 1 aromatic rings. The number of benzene rings is 1. The van der Waals surface area contributed by atoms with Crippen LogP contribution in [0.1, 0.15) is 31.2 Å². The van der Waals surface area contributed by atoms with Crippen molar-refractivity contribution < 1.29 is 9.90 Å². The number of primary amides is 1. The number of rotatable bonds is 4. The molecule has 5 N–H and O–H groups in total. The highest BCUT2D eigenvalue weighted by Crippen LogP contribution is 2.27. The second-order valence-corrected chi connectivity index (χ2v) is 3.56. The lowest BCUT2D eigenvalue weighted by molar-refractivity contribution is -0.119. The SMILES string of the molecule is CCCC(C(N)=O)c1ccc(N)c(O)c1. The molecule has 1 amide bonds. The Labute approximate surface area is 88.9 Å². The molecule has 82 valence electrons. The maximum atomic E-state index is 11.2. The van der Waals surface area contributed by atoms with Crippen molar-refractivity contribution in [1.82, 2.24) is 0 Å². The van der Waals surface area contributed by atoms with Gasteiger partial charge < -0.3 is 16.6 Å². The first-order valence-electron chi connectivity index (χ1n) is 4.94. The van der Waals surface area contributed by atoms with Crippen LogP contribution in [-0.2, 0) is 4.79 Å². The summed E-state index contributed by atoms with van der Waals surface area (Å²) in [5.41, 5.74) is 11.8. The maximum absolute atomic E-state index is 11.2. The van der Waals surface area contributed by atoms with Gasteiger partial charge in [0.25, 0.3) is 0 Å². The molecule has 0 aliphatic carbocycles. The van der Waals surface area contributed by atoms with Gasteiger partial charge in [0.2, 0.25) is 5.91 Å². The summed E-state index contributed by atoms with van der Waals surface area (Å²) in [5, 5.41) is 9.42. The van der Waals surface area contributed by atoms with Gasteiger partial charge >= 0.3 is 0 Å². The van der Waals surface area contributed by atoms with Gasteiger partial charge in [0, 0.05) is 0 Å². The molecule has 0 saturated heterocycles. The van der Waals surface area contributed by atoms with Crippen molar-refractivity contribution in [2.75, 3.05) is 5.73 Å². The van der Waals surface area contributed by atoms with Gasteiger partial charge in [-0.1, -0.05) is 19.4 Å². The van der Waals surface area contributed by atoms with E-state index < -0.39 is 0 Å². The summed E-state index contributed by atoms with van der Waals surface area (Å²) in [6.07, 6.45) is 1.54. The molecule has 0 saturated carbocycles. The van der Waals surface area contributed by atoms with Crippen LogP contribution in [-0.4, -0.2) is 11.0 Å². The van der Waals surface area contributed by atoms with Gasteiger partial charge in [0.05, 0.1) is 11.6 Å². The summed E-state index contributed by atoms with van der Waals surface area (Å²) < 4.78 is 0. The lowest BCUT2D eigenvalue weighted by Crippen LogP contribution is -2.21. The van der Waals surface area contributed by atoms with Gasteiger partial charge in [0.15, 0.2) is 0 Å². The number of amides is 1. The zero-order valence-corrected chi connectivity index (χ0v) is 8.73. The van der Waals surface area contributed by atoms with Crippen LogP contribution in [0.3, 0.4) is 0 Å². The van der Waals surface area contributed by atoms with Crippen molar-refractivity contribution in [3.63, 3.8) is 0 Å². The normalized spacial score (nSPS) is 12.3. The molecule has 0 fully saturated rings. The molecule has 1 aromatic carbocycles. The van der Waals surface area contributed by atoms with E-state index in [4.69, 9.17) is 11.5 Å². The lowest BCUT2D eigenvalue weighted by Gasteiger charge is -2.13. The number of nitrogens with two attached hydrogens (primary N) is 2. The Bertz CT molecular complexity index is 364. The van der Waals surface area contributed by atoms with Gasteiger partial charge in [0.1, 0.15) is 5.75 Å². The fourth-order valence-corrected chi connectivity index (χ4v) is 1.54. The predicted octanol–water partition coefficient (Wildman–Crippen LogP) is 1.34. The molecule has 1 rings (SSSR count). The van der Waals surface area contributed by atoms with Gasteiger partial charge in [-0.15, -0.1) is 0 Å². The fraction of sp³-hybridized carbons (Fsp3) is 0.364. The minimum Gasteiger partial charge on any atom is -0.506 e. The van der Waals surface area contributed by atoms with Crippen molar-refractivity contribution in [2.24, 2.45) is 5.73 Å². The Morgan fingerprint density at radius 1 is 1.53 bits per heavy atom. The van der Waals surface area contributed by atoms with Crippen molar-refractivity contribution >= 4 is 11.6 Å². The maximum Gasteiger partial charge on any atom is 0.224 e. The van der Waals surface area contributed by atoms with E-state index in [1.54, 1.807) is 12.1 Å². The topological polar surface area (TPSA) is 89.3 Å². The van der Waals surface area contributed by atoms with Crippen molar-refractivity contribution in [2.45, 2.75) is 25.7 Å². The Morgan fingerprint density at radius 3 is 2.67 bits per heavy atom. The third-order valence-corrected chi connectivity index (χ3v) is 2.38. The first-order valence-corrected chi connectivity index (χ1v) is 4.94. The minimum atomic E-state index is -0.374. The van der Waals surface area contributed by atoms with Crippen LogP contribution in [0.25, 0.3) is 0 Å². The van der Waals surface area contributed by atoms with Crippen LogP contribution in [0.5, 0.6) is 5.75 Å². The first-order chi connectivity index (χ1) is 7.06. The molecule has 0 aromatic heterocycles. The van der Waals surface area contributed by atoms with E-state index >= 15 is 0 Å². The zero-order valence-electron chi connectivity index (χ0n) is 8.73. The number of carbonyl (C=O) groups is 1. The number of aromatic hydroxyl groups is 1. The number of carbonyl (C=O) groups excluding carboxylic acids is 1. The highest BCUT2D eigenvalue weighted by atomic mass is 16.3. The highest BCUT2D eigenvalue weighted by Gasteiger charge is 2.17. The third-order valence-electron chi connectivity index (χ3n) is 2.38. The van der Waals surface area contributed by atoms with Crippen LogP contribution in [0.4, 0.5) is 5.69 Å². The van der Waals surface area contributed by atoms with Crippen molar-refractivity contribution in [3.8, 4) is 5.75 Å². The quantitative estimate of drug-likeness (QED) is 0.515. The summed E-state index contributed by atoms with van der Waals surface area (Å²) >= 11 is 0. The molecule has 0 heterocycles. The predicted molar refractivity (Wildman–Crippen MR) is 59.4 cm³/mol.